The van der Waals surface area contributed by atoms with E-state index in [1.165, 1.54) is 0 Å². The van der Waals surface area contributed by atoms with Gasteiger partial charge in [-0.25, -0.2) is 0 Å². The van der Waals surface area contributed by atoms with Gasteiger partial charge in [-0.2, -0.15) is 0 Å². The van der Waals surface area contributed by atoms with Gasteiger partial charge in [0, 0.05) is 16.0 Å². The molecule has 0 spiro atoms. The lowest BCUT2D eigenvalue weighted by atomic mass is 9.72. The maximum Gasteiger partial charge on any atom is 0.171 e. The molecule has 0 radical (unpaired) electrons. The highest BCUT2D eigenvalue weighted by molar-refractivity contribution is 7.80. The Hall–Kier alpha value is -1.61. The van der Waals surface area contributed by atoms with Crippen molar-refractivity contribution in [3.63, 3.8) is 0 Å². The molecule has 0 bridgehead atoms. The monoisotopic (exact) mass is 242 g/mol. The lowest BCUT2D eigenvalue weighted by molar-refractivity contribution is 0.0801. The number of allylic oxidation sites excluding steroid dienone is 4. The van der Waals surface area contributed by atoms with E-state index >= 15 is 0 Å². The molecule has 3 heteroatoms. The topological polar surface area (TPSA) is 34.1 Å². The zero-order valence-electron chi connectivity index (χ0n) is 8.96. The van der Waals surface area contributed by atoms with Gasteiger partial charge in [-0.05, 0) is 18.2 Å². The molecule has 1 aromatic rings. The number of hydrogen-bond acceptors (Lipinski definition) is 3. The number of carbonyl (C=O) groups excluding carboxylic acids is 2. The van der Waals surface area contributed by atoms with Crippen molar-refractivity contribution in [2.75, 3.05) is 0 Å². The van der Waals surface area contributed by atoms with Gasteiger partial charge in [0.05, 0.1) is 11.8 Å². The van der Waals surface area contributed by atoms with Crippen molar-refractivity contribution in [1.82, 2.24) is 0 Å². The number of thiol groups is 1. The summed E-state index contributed by atoms with van der Waals surface area (Å²) >= 11 is 4.21. The van der Waals surface area contributed by atoms with E-state index in [1.54, 1.807) is 24.3 Å². The molecule has 2 nitrogen and oxygen atoms in total. The minimum absolute atomic E-state index is 0.0149. The van der Waals surface area contributed by atoms with Crippen LogP contribution in [0.2, 0.25) is 0 Å². The molecular weight excluding hydrogens is 232 g/mol. The van der Waals surface area contributed by atoms with Gasteiger partial charge in [-0.1, -0.05) is 24.3 Å². The molecule has 84 valence electrons. The third-order valence-corrected chi connectivity index (χ3v) is 3.55. The minimum Gasteiger partial charge on any atom is -0.293 e. The fourth-order valence-corrected chi connectivity index (χ4v) is 2.62. The Balaban J connectivity index is 2.21. The van der Waals surface area contributed by atoms with Crippen LogP contribution in [0.5, 0.6) is 0 Å². The van der Waals surface area contributed by atoms with Gasteiger partial charge in [-0.15, -0.1) is 12.6 Å². The highest BCUT2D eigenvalue weighted by Crippen LogP contribution is 2.34. The van der Waals surface area contributed by atoms with Crippen LogP contribution >= 0.6 is 12.6 Å². The van der Waals surface area contributed by atoms with Crippen LogP contribution in [0.4, 0.5) is 0 Å². The van der Waals surface area contributed by atoms with E-state index in [9.17, 15) is 9.59 Å². The van der Waals surface area contributed by atoms with Crippen molar-refractivity contribution < 1.29 is 9.59 Å². The highest BCUT2D eigenvalue weighted by Gasteiger charge is 2.39. The molecule has 2 aliphatic rings. The largest absolute Gasteiger partial charge is 0.293 e. The number of rotatable bonds is 0. The summed E-state index contributed by atoms with van der Waals surface area (Å²) in [6.07, 6.45) is 7.26. The Morgan fingerprint density at radius 3 is 2.12 bits per heavy atom. The third kappa shape index (κ3) is 1.50. The lowest BCUT2D eigenvalue weighted by Gasteiger charge is -2.28. The number of carbonyl (C=O) groups is 2. The second kappa shape index (κ2) is 3.70. The van der Waals surface area contributed by atoms with Crippen molar-refractivity contribution in [3.8, 4) is 0 Å². The van der Waals surface area contributed by atoms with E-state index in [2.05, 4.69) is 12.6 Å². The average molecular weight is 242 g/mol. The first-order chi connectivity index (χ1) is 8.18. The molecule has 2 unspecified atom stereocenters. The average Bonchev–Trinajstić information content (AvgIpc) is 2.36. The molecule has 2 aliphatic carbocycles. The maximum atomic E-state index is 12.3. The van der Waals surface area contributed by atoms with Crippen LogP contribution in [0.25, 0.3) is 0 Å². The molecule has 0 saturated carbocycles. The summed E-state index contributed by atoms with van der Waals surface area (Å²) in [5.74, 6) is -0.625. The Morgan fingerprint density at radius 1 is 0.882 bits per heavy atom. The molecule has 0 fully saturated rings. The summed E-state index contributed by atoms with van der Waals surface area (Å²) in [5, 5.41) is 0. The van der Waals surface area contributed by atoms with Crippen LogP contribution in [0.15, 0.2) is 47.4 Å². The summed E-state index contributed by atoms with van der Waals surface area (Å²) in [7, 11) is 0. The van der Waals surface area contributed by atoms with Gasteiger partial charge < -0.3 is 0 Å². The molecule has 0 N–H and O–H groups in total. The van der Waals surface area contributed by atoms with E-state index in [0.29, 0.717) is 16.0 Å². The SMILES string of the molecule is O=C1c2ccc(S)cc2C(=O)C2C=CC=CC12. The molecule has 1 aromatic carbocycles. The second-order valence-corrected chi connectivity index (χ2v) is 4.80. The molecular formula is C14H10O2S. The van der Waals surface area contributed by atoms with Crippen molar-refractivity contribution in [2.45, 2.75) is 4.90 Å². The van der Waals surface area contributed by atoms with E-state index in [-0.39, 0.29) is 23.4 Å². The van der Waals surface area contributed by atoms with Crippen molar-refractivity contribution in [1.29, 1.82) is 0 Å². The molecule has 0 heterocycles. The molecule has 0 amide bonds. The van der Waals surface area contributed by atoms with Crippen molar-refractivity contribution in [2.24, 2.45) is 11.8 Å². The Labute approximate surface area is 104 Å². The molecule has 17 heavy (non-hydrogen) atoms. The number of ketones is 2. The zero-order valence-corrected chi connectivity index (χ0v) is 9.85. The predicted molar refractivity (Wildman–Crippen MR) is 67.6 cm³/mol. The second-order valence-electron chi connectivity index (χ2n) is 4.28. The zero-order chi connectivity index (χ0) is 12.0. The number of hydrogen-bond donors (Lipinski definition) is 1. The first-order valence-corrected chi connectivity index (χ1v) is 5.89. The number of benzene rings is 1. The summed E-state index contributed by atoms with van der Waals surface area (Å²) < 4.78 is 0. The standard InChI is InChI=1S/C14H10O2S/c15-13-9-3-1-2-4-10(9)14(16)12-7-8(17)5-6-11(12)13/h1-7,9-10,17H. The van der Waals surface area contributed by atoms with Gasteiger partial charge >= 0.3 is 0 Å². The lowest BCUT2D eigenvalue weighted by Crippen LogP contribution is -2.35. The van der Waals surface area contributed by atoms with Gasteiger partial charge in [0.1, 0.15) is 0 Å². The molecule has 0 saturated heterocycles. The first kappa shape index (κ1) is 10.5. The van der Waals surface area contributed by atoms with Crippen LogP contribution in [0, 0.1) is 11.8 Å². The summed E-state index contributed by atoms with van der Waals surface area (Å²) in [4.78, 5) is 25.2. The third-order valence-electron chi connectivity index (χ3n) is 3.27. The minimum atomic E-state index is -0.338. The van der Waals surface area contributed by atoms with Gasteiger partial charge in [0.15, 0.2) is 11.6 Å². The molecule has 0 aromatic heterocycles. The van der Waals surface area contributed by atoms with E-state index in [4.69, 9.17) is 0 Å². The number of fused-ring (bicyclic) bond motifs is 2. The quantitative estimate of drug-likeness (QED) is 0.710. The Morgan fingerprint density at radius 2 is 1.47 bits per heavy atom. The van der Waals surface area contributed by atoms with Crippen LogP contribution in [-0.4, -0.2) is 11.6 Å². The smallest absolute Gasteiger partial charge is 0.171 e. The Bertz CT molecular complexity index is 584. The molecule has 3 rings (SSSR count). The van der Waals surface area contributed by atoms with Crippen molar-refractivity contribution >= 4 is 24.2 Å². The summed E-state index contributed by atoms with van der Waals surface area (Å²) in [6.45, 7) is 0. The maximum absolute atomic E-state index is 12.3. The van der Waals surface area contributed by atoms with Gasteiger partial charge in [0.2, 0.25) is 0 Å². The van der Waals surface area contributed by atoms with Gasteiger partial charge in [0.25, 0.3) is 0 Å². The van der Waals surface area contributed by atoms with Gasteiger partial charge in [-0.3, -0.25) is 9.59 Å². The molecule has 2 atom stereocenters. The summed E-state index contributed by atoms with van der Waals surface area (Å²) in [6, 6.07) is 5.12. The van der Waals surface area contributed by atoms with Crippen LogP contribution in [0.1, 0.15) is 20.7 Å². The summed E-state index contributed by atoms with van der Waals surface area (Å²) in [5.41, 5.74) is 1.03. The fourth-order valence-electron chi connectivity index (χ4n) is 2.42. The fraction of sp³-hybridized carbons (Fsp3) is 0.143. The molecule has 0 aliphatic heterocycles. The van der Waals surface area contributed by atoms with Crippen LogP contribution in [0.3, 0.4) is 0 Å². The van der Waals surface area contributed by atoms with E-state index < -0.39 is 0 Å². The highest BCUT2D eigenvalue weighted by atomic mass is 32.1. The van der Waals surface area contributed by atoms with Crippen LogP contribution < -0.4 is 0 Å². The Kier molecular flexibility index (Phi) is 2.30. The predicted octanol–water partition coefficient (Wildman–Crippen LogP) is 2.71. The van der Waals surface area contributed by atoms with Crippen LogP contribution in [-0.2, 0) is 0 Å². The normalized spacial score (nSPS) is 25.7. The van der Waals surface area contributed by atoms with E-state index in [0.717, 1.165) is 0 Å². The van der Waals surface area contributed by atoms with Crippen molar-refractivity contribution in [3.05, 3.63) is 53.6 Å². The first-order valence-electron chi connectivity index (χ1n) is 5.45. The number of Topliss-reactive ketones (excluding diaryl/α,β-unsaturated/α-hetero) is 2. The van der Waals surface area contributed by atoms with E-state index in [1.807, 2.05) is 18.2 Å².